The molecule has 3 aromatic carbocycles. The number of rotatable bonds is 7. The predicted octanol–water partition coefficient (Wildman–Crippen LogP) is 4.85. The van der Waals surface area contributed by atoms with Crippen LogP contribution in [0.3, 0.4) is 0 Å². The highest BCUT2D eigenvalue weighted by Gasteiger charge is 2.16. The van der Waals surface area contributed by atoms with E-state index < -0.39 is 0 Å². The van der Waals surface area contributed by atoms with Crippen LogP contribution in [-0.4, -0.2) is 25.0 Å². The van der Waals surface area contributed by atoms with Crippen LogP contribution in [0.2, 0.25) is 0 Å². The molecule has 0 N–H and O–H groups in total. The zero-order valence-electron chi connectivity index (χ0n) is 16.5. The minimum Gasteiger partial charge on any atom is -0.493 e. The summed E-state index contributed by atoms with van der Waals surface area (Å²) in [6, 6.07) is 23.3. The smallest absolute Gasteiger partial charge is 0.254 e. The minimum atomic E-state index is -0.0591. The fourth-order valence-corrected chi connectivity index (χ4v) is 2.99. The normalized spacial score (nSPS) is 10.4. The first kappa shape index (κ1) is 19.5. The van der Waals surface area contributed by atoms with Crippen molar-refractivity contribution >= 4 is 5.91 Å². The maximum Gasteiger partial charge on any atom is 0.254 e. The molecule has 0 saturated carbocycles. The third-order valence-electron chi connectivity index (χ3n) is 4.66. The Kier molecular flexibility index (Phi) is 6.33. The summed E-state index contributed by atoms with van der Waals surface area (Å²) in [5.41, 5.74) is 3.94. The molecule has 4 heteroatoms. The van der Waals surface area contributed by atoms with Gasteiger partial charge in [0.2, 0.25) is 0 Å². The van der Waals surface area contributed by atoms with Crippen LogP contribution in [0.25, 0.3) is 0 Å². The van der Waals surface area contributed by atoms with E-state index in [1.165, 1.54) is 5.56 Å². The number of carbonyl (C=O) groups excluding carboxylic acids is 1. The summed E-state index contributed by atoms with van der Waals surface area (Å²) >= 11 is 0. The van der Waals surface area contributed by atoms with E-state index in [0.29, 0.717) is 30.2 Å². The van der Waals surface area contributed by atoms with Crippen LogP contribution in [0.15, 0.2) is 72.8 Å². The Labute approximate surface area is 166 Å². The zero-order valence-corrected chi connectivity index (χ0v) is 16.5. The van der Waals surface area contributed by atoms with Crippen LogP contribution in [0.1, 0.15) is 27.0 Å². The Hall–Kier alpha value is -3.27. The molecule has 4 nitrogen and oxygen atoms in total. The van der Waals surface area contributed by atoms with Crippen molar-refractivity contribution in [1.29, 1.82) is 0 Å². The molecule has 0 fully saturated rings. The molecule has 0 saturated heterocycles. The number of nitrogens with zero attached hydrogens (tertiary/aromatic N) is 1. The SMILES string of the molecule is COc1cc(C(=O)N(C)Cc2ccccc2C)ccc1OCc1ccccc1. The maximum atomic E-state index is 12.8. The van der Waals surface area contributed by atoms with Crippen molar-refractivity contribution < 1.29 is 14.3 Å². The van der Waals surface area contributed by atoms with Gasteiger partial charge in [0.05, 0.1) is 7.11 Å². The Balaban J connectivity index is 1.71. The Morgan fingerprint density at radius 1 is 0.929 bits per heavy atom. The Morgan fingerprint density at radius 2 is 1.64 bits per heavy atom. The average Bonchev–Trinajstić information content (AvgIpc) is 2.74. The van der Waals surface area contributed by atoms with Crippen LogP contribution in [0.5, 0.6) is 11.5 Å². The predicted molar refractivity (Wildman–Crippen MR) is 111 cm³/mol. The van der Waals surface area contributed by atoms with E-state index in [4.69, 9.17) is 9.47 Å². The highest BCUT2D eigenvalue weighted by atomic mass is 16.5. The molecule has 0 bridgehead atoms. The summed E-state index contributed by atoms with van der Waals surface area (Å²) < 4.78 is 11.3. The molecule has 0 aliphatic heterocycles. The summed E-state index contributed by atoms with van der Waals surface area (Å²) in [6.45, 7) is 3.05. The zero-order chi connectivity index (χ0) is 19.9. The molecular weight excluding hydrogens is 350 g/mol. The van der Waals surface area contributed by atoms with Gasteiger partial charge in [-0.1, -0.05) is 54.6 Å². The van der Waals surface area contributed by atoms with Gasteiger partial charge in [0.25, 0.3) is 5.91 Å². The molecule has 3 aromatic rings. The minimum absolute atomic E-state index is 0.0591. The van der Waals surface area contributed by atoms with Gasteiger partial charge in [0.1, 0.15) is 6.61 Å². The first-order chi connectivity index (χ1) is 13.6. The number of hydrogen-bond acceptors (Lipinski definition) is 3. The molecule has 3 rings (SSSR count). The van der Waals surface area contributed by atoms with Crippen molar-refractivity contribution in [1.82, 2.24) is 4.90 Å². The van der Waals surface area contributed by atoms with E-state index in [9.17, 15) is 4.79 Å². The lowest BCUT2D eigenvalue weighted by atomic mass is 10.1. The molecule has 28 heavy (non-hydrogen) atoms. The van der Waals surface area contributed by atoms with Gasteiger partial charge >= 0.3 is 0 Å². The number of ether oxygens (including phenoxy) is 2. The first-order valence-electron chi connectivity index (χ1n) is 9.23. The lowest BCUT2D eigenvalue weighted by molar-refractivity contribution is 0.0784. The van der Waals surface area contributed by atoms with Crippen molar-refractivity contribution in [3.8, 4) is 11.5 Å². The molecule has 0 aliphatic rings. The van der Waals surface area contributed by atoms with Crippen LogP contribution in [0, 0.1) is 6.92 Å². The van der Waals surface area contributed by atoms with Crippen LogP contribution >= 0.6 is 0 Å². The van der Waals surface area contributed by atoms with Gasteiger partial charge in [-0.3, -0.25) is 4.79 Å². The molecule has 0 atom stereocenters. The van der Waals surface area contributed by atoms with Gasteiger partial charge in [-0.05, 0) is 41.8 Å². The molecule has 0 aliphatic carbocycles. The number of aryl methyl sites for hydroxylation is 1. The molecule has 1 amide bonds. The summed E-state index contributed by atoms with van der Waals surface area (Å²) in [6.07, 6.45) is 0. The summed E-state index contributed by atoms with van der Waals surface area (Å²) in [7, 11) is 3.39. The fourth-order valence-electron chi connectivity index (χ4n) is 2.99. The van der Waals surface area contributed by atoms with E-state index in [-0.39, 0.29) is 5.91 Å². The molecular formula is C24H25NO3. The van der Waals surface area contributed by atoms with Crippen LogP contribution < -0.4 is 9.47 Å². The Bertz CT molecular complexity index is 938. The number of methoxy groups -OCH3 is 1. The molecule has 0 heterocycles. The van der Waals surface area contributed by atoms with Crippen molar-refractivity contribution in [2.24, 2.45) is 0 Å². The van der Waals surface area contributed by atoms with Crippen LogP contribution in [-0.2, 0) is 13.2 Å². The maximum absolute atomic E-state index is 12.8. The highest BCUT2D eigenvalue weighted by molar-refractivity contribution is 5.94. The van der Waals surface area contributed by atoms with Crippen molar-refractivity contribution in [2.75, 3.05) is 14.2 Å². The molecule has 144 valence electrons. The second kappa shape index (κ2) is 9.09. The number of carbonyl (C=O) groups is 1. The second-order valence-corrected chi connectivity index (χ2v) is 6.73. The quantitative estimate of drug-likeness (QED) is 0.592. The van der Waals surface area contributed by atoms with E-state index >= 15 is 0 Å². The van der Waals surface area contributed by atoms with E-state index in [1.807, 2.05) is 48.5 Å². The first-order valence-corrected chi connectivity index (χ1v) is 9.23. The van der Waals surface area contributed by atoms with Crippen molar-refractivity contribution in [2.45, 2.75) is 20.1 Å². The number of amides is 1. The molecule has 0 aromatic heterocycles. The summed E-state index contributed by atoms with van der Waals surface area (Å²) in [5, 5.41) is 0. The molecule has 0 radical (unpaired) electrons. The number of benzene rings is 3. The second-order valence-electron chi connectivity index (χ2n) is 6.73. The lowest BCUT2D eigenvalue weighted by Gasteiger charge is -2.19. The van der Waals surface area contributed by atoms with Crippen molar-refractivity contribution in [3.63, 3.8) is 0 Å². The van der Waals surface area contributed by atoms with E-state index in [2.05, 4.69) is 13.0 Å². The third kappa shape index (κ3) is 4.71. The van der Waals surface area contributed by atoms with Gasteiger partial charge in [-0.15, -0.1) is 0 Å². The highest BCUT2D eigenvalue weighted by Crippen LogP contribution is 2.29. The van der Waals surface area contributed by atoms with Gasteiger partial charge in [-0.25, -0.2) is 0 Å². The summed E-state index contributed by atoms with van der Waals surface area (Å²) in [5.74, 6) is 1.10. The van der Waals surface area contributed by atoms with E-state index in [1.54, 1.807) is 37.3 Å². The monoisotopic (exact) mass is 375 g/mol. The standard InChI is InChI=1S/C24H25NO3/c1-18-9-7-8-12-21(18)16-25(2)24(26)20-13-14-22(23(15-20)27-3)28-17-19-10-5-4-6-11-19/h4-15H,16-17H2,1-3H3. The van der Waals surface area contributed by atoms with E-state index in [0.717, 1.165) is 11.1 Å². The third-order valence-corrected chi connectivity index (χ3v) is 4.66. The fraction of sp³-hybridized carbons (Fsp3) is 0.208. The Morgan fingerprint density at radius 3 is 2.36 bits per heavy atom. The van der Waals surface area contributed by atoms with Crippen LogP contribution in [0.4, 0.5) is 0 Å². The number of hydrogen-bond donors (Lipinski definition) is 0. The van der Waals surface area contributed by atoms with Crippen molar-refractivity contribution in [3.05, 3.63) is 95.1 Å². The van der Waals surface area contributed by atoms with Gasteiger partial charge in [0.15, 0.2) is 11.5 Å². The molecule has 0 spiro atoms. The van der Waals surface area contributed by atoms with Gasteiger partial charge in [-0.2, -0.15) is 0 Å². The largest absolute Gasteiger partial charge is 0.493 e. The lowest BCUT2D eigenvalue weighted by Crippen LogP contribution is -2.26. The average molecular weight is 375 g/mol. The van der Waals surface area contributed by atoms with Gasteiger partial charge < -0.3 is 14.4 Å². The topological polar surface area (TPSA) is 38.8 Å². The molecule has 0 unspecified atom stereocenters. The summed E-state index contributed by atoms with van der Waals surface area (Å²) in [4.78, 5) is 14.6. The van der Waals surface area contributed by atoms with Gasteiger partial charge in [0, 0.05) is 19.2 Å².